The van der Waals surface area contributed by atoms with Crippen LogP contribution in [-0.4, -0.2) is 33.7 Å². The van der Waals surface area contributed by atoms with E-state index in [1.807, 2.05) is 0 Å². The first-order chi connectivity index (χ1) is 14.9. The van der Waals surface area contributed by atoms with Gasteiger partial charge in [0, 0.05) is 13.5 Å². The molecular formula is C22H27FN6O2. The smallest absolute Gasteiger partial charge is 0.245 e. The van der Waals surface area contributed by atoms with E-state index in [4.69, 9.17) is 5.73 Å². The van der Waals surface area contributed by atoms with E-state index < -0.39 is 5.54 Å². The first-order valence-electron chi connectivity index (χ1n) is 10.5. The van der Waals surface area contributed by atoms with Gasteiger partial charge in [-0.05, 0) is 49.9 Å². The van der Waals surface area contributed by atoms with Crippen LogP contribution in [0.3, 0.4) is 0 Å². The minimum atomic E-state index is -0.837. The number of aryl methyl sites for hydroxylation is 1. The molecule has 1 saturated carbocycles. The molecule has 0 spiro atoms. The standard InChI is InChI=1S/C22H27FN6O2/c1-15(30)27-22(11-3-2-4-12-22)21(31)26-13-5-6-19-18(14-24)20(25)29(28-19)17-9-7-16(23)8-10-17/h7-10H,2-6,11-13,25H2,1H3,(H,26,31)(H,27,30). The van der Waals surface area contributed by atoms with Crippen LogP contribution in [0, 0.1) is 17.1 Å². The minimum absolute atomic E-state index is 0.167. The number of nitriles is 1. The van der Waals surface area contributed by atoms with Gasteiger partial charge in [-0.1, -0.05) is 19.3 Å². The molecule has 0 unspecified atom stereocenters. The molecular weight excluding hydrogens is 399 g/mol. The zero-order valence-corrected chi connectivity index (χ0v) is 17.6. The first-order valence-corrected chi connectivity index (χ1v) is 10.5. The minimum Gasteiger partial charge on any atom is -0.382 e. The zero-order valence-electron chi connectivity index (χ0n) is 17.6. The van der Waals surface area contributed by atoms with Crippen molar-refractivity contribution < 1.29 is 14.0 Å². The van der Waals surface area contributed by atoms with E-state index in [0.717, 1.165) is 19.3 Å². The van der Waals surface area contributed by atoms with Crippen LogP contribution in [0.25, 0.3) is 5.69 Å². The summed E-state index contributed by atoms with van der Waals surface area (Å²) in [4.78, 5) is 24.4. The molecule has 0 aliphatic heterocycles. The number of carbonyl (C=O) groups is 2. The fourth-order valence-corrected chi connectivity index (χ4v) is 4.08. The molecule has 8 nitrogen and oxygen atoms in total. The predicted octanol–water partition coefficient (Wildman–Crippen LogP) is 2.35. The van der Waals surface area contributed by atoms with Crippen molar-refractivity contribution in [2.24, 2.45) is 0 Å². The lowest BCUT2D eigenvalue weighted by atomic mass is 9.80. The number of anilines is 1. The normalized spacial score (nSPS) is 15.1. The molecule has 1 aliphatic carbocycles. The number of hydrogen-bond donors (Lipinski definition) is 3. The van der Waals surface area contributed by atoms with Crippen molar-refractivity contribution >= 4 is 17.6 Å². The molecule has 164 valence electrons. The van der Waals surface area contributed by atoms with Crippen molar-refractivity contribution in [1.29, 1.82) is 5.26 Å². The number of hydrogen-bond acceptors (Lipinski definition) is 5. The number of amides is 2. The number of halogens is 1. The number of rotatable bonds is 7. The monoisotopic (exact) mass is 426 g/mol. The lowest BCUT2D eigenvalue weighted by Gasteiger charge is -2.36. The van der Waals surface area contributed by atoms with E-state index in [9.17, 15) is 19.2 Å². The van der Waals surface area contributed by atoms with Gasteiger partial charge >= 0.3 is 0 Å². The lowest BCUT2D eigenvalue weighted by Crippen LogP contribution is -2.59. The van der Waals surface area contributed by atoms with Gasteiger partial charge in [-0.25, -0.2) is 9.07 Å². The van der Waals surface area contributed by atoms with Crippen molar-refractivity contribution in [3.63, 3.8) is 0 Å². The van der Waals surface area contributed by atoms with Crippen LogP contribution in [0.1, 0.15) is 56.7 Å². The average molecular weight is 426 g/mol. The van der Waals surface area contributed by atoms with E-state index in [1.54, 1.807) is 0 Å². The Labute approximate surface area is 180 Å². The number of nitrogens with zero attached hydrogens (tertiary/aromatic N) is 3. The number of benzene rings is 1. The van der Waals surface area contributed by atoms with Gasteiger partial charge in [-0.3, -0.25) is 9.59 Å². The zero-order chi connectivity index (χ0) is 22.4. The van der Waals surface area contributed by atoms with Crippen LogP contribution in [0.2, 0.25) is 0 Å². The average Bonchev–Trinajstić information content (AvgIpc) is 3.07. The molecule has 2 aromatic rings. The summed E-state index contributed by atoms with van der Waals surface area (Å²) in [5.74, 6) is -0.558. The molecule has 1 aliphatic rings. The van der Waals surface area contributed by atoms with Gasteiger partial charge in [0.1, 0.15) is 28.8 Å². The molecule has 9 heteroatoms. The molecule has 31 heavy (non-hydrogen) atoms. The number of nitrogens with two attached hydrogens (primary N) is 1. The highest BCUT2D eigenvalue weighted by Gasteiger charge is 2.39. The molecule has 0 saturated heterocycles. The largest absolute Gasteiger partial charge is 0.382 e. The molecule has 1 aromatic heterocycles. The van der Waals surface area contributed by atoms with Crippen LogP contribution in [0.5, 0.6) is 0 Å². The number of nitrogens with one attached hydrogen (secondary N) is 2. The van der Waals surface area contributed by atoms with Gasteiger partial charge < -0.3 is 16.4 Å². The van der Waals surface area contributed by atoms with Crippen molar-refractivity contribution in [3.05, 3.63) is 41.3 Å². The van der Waals surface area contributed by atoms with Gasteiger partial charge in [0.2, 0.25) is 11.8 Å². The Morgan fingerprint density at radius 3 is 2.55 bits per heavy atom. The summed E-state index contributed by atoms with van der Waals surface area (Å²) < 4.78 is 14.6. The molecule has 3 rings (SSSR count). The Bertz CT molecular complexity index is 987. The summed E-state index contributed by atoms with van der Waals surface area (Å²) in [5, 5.41) is 19.7. The molecule has 1 fully saturated rings. The third kappa shape index (κ3) is 5.02. The third-order valence-corrected chi connectivity index (χ3v) is 5.61. The Kier molecular flexibility index (Phi) is 6.90. The topological polar surface area (TPSA) is 126 Å². The molecule has 2 amide bonds. The highest BCUT2D eigenvalue weighted by atomic mass is 19.1. The SMILES string of the molecule is CC(=O)NC1(C(=O)NCCCc2nn(-c3ccc(F)cc3)c(N)c2C#N)CCCCC1. The highest BCUT2D eigenvalue weighted by molar-refractivity contribution is 5.91. The highest BCUT2D eigenvalue weighted by Crippen LogP contribution is 2.28. The molecule has 4 N–H and O–H groups in total. The van der Waals surface area contributed by atoms with Crippen LogP contribution < -0.4 is 16.4 Å². The first kappa shape index (κ1) is 22.3. The van der Waals surface area contributed by atoms with Crippen LogP contribution in [0.15, 0.2) is 24.3 Å². The van der Waals surface area contributed by atoms with Gasteiger partial charge in [0.05, 0.1) is 11.4 Å². The van der Waals surface area contributed by atoms with E-state index in [1.165, 1.54) is 35.9 Å². The maximum Gasteiger partial charge on any atom is 0.245 e. The van der Waals surface area contributed by atoms with Gasteiger partial charge in [0.25, 0.3) is 0 Å². The third-order valence-electron chi connectivity index (χ3n) is 5.61. The second-order valence-electron chi connectivity index (χ2n) is 7.89. The maximum atomic E-state index is 13.2. The predicted molar refractivity (Wildman–Crippen MR) is 114 cm³/mol. The summed E-state index contributed by atoms with van der Waals surface area (Å²) >= 11 is 0. The lowest BCUT2D eigenvalue weighted by molar-refractivity contribution is -0.134. The van der Waals surface area contributed by atoms with Crippen molar-refractivity contribution in [2.45, 2.75) is 57.4 Å². The van der Waals surface area contributed by atoms with Gasteiger partial charge in [-0.15, -0.1) is 0 Å². The molecule has 0 radical (unpaired) electrons. The number of aromatic nitrogens is 2. The molecule has 1 aromatic carbocycles. The van der Waals surface area contributed by atoms with Crippen LogP contribution in [-0.2, 0) is 16.0 Å². The van der Waals surface area contributed by atoms with Crippen LogP contribution >= 0.6 is 0 Å². The summed E-state index contributed by atoms with van der Waals surface area (Å²) in [6, 6.07) is 7.75. The molecule has 0 atom stereocenters. The fraction of sp³-hybridized carbons (Fsp3) is 0.455. The van der Waals surface area contributed by atoms with Crippen LogP contribution in [0.4, 0.5) is 10.2 Å². The second kappa shape index (κ2) is 9.60. The molecule has 0 bridgehead atoms. The van der Waals surface area contributed by atoms with E-state index in [-0.39, 0.29) is 29.0 Å². The van der Waals surface area contributed by atoms with Gasteiger partial charge in [-0.2, -0.15) is 10.4 Å². The number of nitrogen functional groups attached to an aromatic ring is 1. The summed E-state index contributed by atoms with van der Waals surface area (Å²) in [5.41, 5.74) is 6.59. The maximum absolute atomic E-state index is 13.2. The Morgan fingerprint density at radius 1 is 1.26 bits per heavy atom. The van der Waals surface area contributed by atoms with Crippen molar-refractivity contribution in [2.75, 3.05) is 12.3 Å². The quantitative estimate of drug-likeness (QED) is 0.586. The summed E-state index contributed by atoms with van der Waals surface area (Å²) in [6.45, 7) is 1.81. The molecule has 1 heterocycles. The summed E-state index contributed by atoms with van der Waals surface area (Å²) in [7, 11) is 0. The summed E-state index contributed by atoms with van der Waals surface area (Å²) in [6.07, 6.45) is 5.12. The Hall–Kier alpha value is -3.41. The van der Waals surface area contributed by atoms with Crippen molar-refractivity contribution in [1.82, 2.24) is 20.4 Å². The van der Waals surface area contributed by atoms with Crippen molar-refractivity contribution in [3.8, 4) is 11.8 Å². The van der Waals surface area contributed by atoms with E-state index in [0.29, 0.717) is 43.6 Å². The van der Waals surface area contributed by atoms with E-state index >= 15 is 0 Å². The van der Waals surface area contributed by atoms with E-state index in [2.05, 4.69) is 21.8 Å². The fourth-order valence-electron chi connectivity index (χ4n) is 4.08. The Balaban J connectivity index is 1.63. The second-order valence-corrected chi connectivity index (χ2v) is 7.89. The van der Waals surface area contributed by atoms with Gasteiger partial charge in [0.15, 0.2) is 0 Å². The number of carbonyl (C=O) groups excluding carboxylic acids is 2. The Morgan fingerprint density at radius 2 is 1.94 bits per heavy atom.